The van der Waals surface area contributed by atoms with E-state index in [-0.39, 0.29) is 40.7 Å². The molecule has 202 valence electrons. The maximum absolute atomic E-state index is 15.2. The number of imidazole rings is 1. The molecule has 0 bridgehead atoms. The second kappa shape index (κ2) is 11.6. The van der Waals surface area contributed by atoms with E-state index in [0.29, 0.717) is 41.1 Å². The lowest BCUT2D eigenvalue weighted by molar-refractivity contribution is 0.0697. The van der Waals surface area contributed by atoms with Crippen molar-refractivity contribution in [1.29, 1.82) is 5.26 Å². The first kappa shape index (κ1) is 26.9. The fourth-order valence-electron chi connectivity index (χ4n) is 4.13. The Morgan fingerprint density at radius 1 is 1.07 bits per heavy atom. The second-order valence-electron chi connectivity index (χ2n) is 8.75. The van der Waals surface area contributed by atoms with Crippen LogP contribution < -0.4 is 4.74 Å². The first-order chi connectivity index (χ1) is 19.4. The molecule has 5 rings (SSSR count). The van der Waals surface area contributed by atoms with E-state index in [1.54, 1.807) is 31.4 Å². The van der Waals surface area contributed by atoms with Crippen LogP contribution in [-0.4, -0.2) is 43.7 Å². The predicted molar refractivity (Wildman–Crippen MR) is 142 cm³/mol. The van der Waals surface area contributed by atoms with Gasteiger partial charge in [0.25, 0.3) is 5.19 Å². The number of nitrogens with zero attached hydrogens (tertiary/aromatic N) is 5. The Balaban J connectivity index is 1.34. The number of halogens is 2. The number of benzene rings is 3. The molecule has 1 N–H and O–H groups in total. The molecule has 0 radical (unpaired) electrons. The molecule has 0 fully saturated rings. The van der Waals surface area contributed by atoms with E-state index in [0.717, 1.165) is 17.6 Å². The number of nitriles is 1. The van der Waals surface area contributed by atoms with Gasteiger partial charge in [0.2, 0.25) is 0 Å². The summed E-state index contributed by atoms with van der Waals surface area (Å²) in [6, 6.07) is 15.3. The lowest BCUT2D eigenvalue weighted by atomic mass is 10.1. The maximum atomic E-state index is 15.2. The van der Waals surface area contributed by atoms with E-state index in [2.05, 4.69) is 14.3 Å². The minimum atomic E-state index is -1.05. The summed E-state index contributed by atoms with van der Waals surface area (Å²) >= 11 is 0.957. The van der Waals surface area contributed by atoms with E-state index >= 15 is 4.39 Å². The van der Waals surface area contributed by atoms with Crippen LogP contribution in [0.4, 0.5) is 8.78 Å². The van der Waals surface area contributed by atoms with Gasteiger partial charge in [-0.25, -0.2) is 18.6 Å². The Labute approximate surface area is 231 Å². The summed E-state index contributed by atoms with van der Waals surface area (Å²) < 4.78 is 46.1. The van der Waals surface area contributed by atoms with Crippen LogP contribution in [0.5, 0.6) is 5.19 Å². The number of ether oxygens (including phenoxy) is 2. The van der Waals surface area contributed by atoms with Gasteiger partial charge in [-0.3, -0.25) is 0 Å². The lowest BCUT2D eigenvalue weighted by Crippen LogP contribution is -2.10. The van der Waals surface area contributed by atoms with E-state index in [4.69, 9.17) is 14.7 Å². The molecule has 2 heterocycles. The van der Waals surface area contributed by atoms with Crippen molar-refractivity contribution in [3.05, 3.63) is 94.3 Å². The van der Waals surface area contributed by atoms with Crippen LogP contribution in [0.2, 0.25) is 0 Å². The number of fused-ring (bicyclic) bond motifs is 1. The Morgan fingerprint density at radius 2 is 1.88 bits per heavy atom. The molecule has 12 heteroatoms. The number of carbonyl (C=O) groups is 1. The van der Waals surface area contributed by atoms with Crippen molar-refractivity contribution in [2.24, 2.45) is 0 Å². The van der Waals surface area contributed by atoms with Crippen LogP contribution >= 0.6 is 11.5 Å². The summed E-state index contributed by atoms with van der Waals surface area (Å²) in [5.74, 6) is -1.25. The largest absolute Gasteiger partial charge is 0.478 e. The summed E-state index contributed by atoms with van der Waals surface area (Å²) in [5.41, 5.74) is 2.67. The Hall–Kier alpha value is -4.73. The Kier molecular flexibility index (Phi) is 7.77. The third kappa shape index (κ3) is 5.66. The minimum absolute atomic E-state index is 0.0997. The molecule has 0 aliphatic carbocycles. The van der Waals surface area contributed by atoms with Gasteiger partial charge in [0, 0.05) is 42.7 Å². The van der Waals surface area contributed by atoms with Gasteiger partial charge in [-0.05, 0) is 42.0 Å². The summed E-state index contributed by atoms with van der Waals surface area (Å²) in [7, 11) is 1.56. The van der Waals surface area contributed by atoms with Crippen molar-refractivity contribution in [3.63, 3.8) is 0 Å². The molecule has 0 unspecified atom stereocenters. The van der Waals surface area contributed by atoms with Crippen LogP contribution in [0.3, 0.4) is 0 Å². The van der Waals surface area contributed by atoms with Gasteiger partial charge in [0.05, 0.1) is 34.8 Å². The highest BCUT2D eigenvalue weighted by molar-refractivity contribution is 7.07. The summed E-state index contributed by atoms with van der Waals surface area (Å²) in [5, 5.41) is 18.4. The zero-order valence-corrected chi connectivity index (χ0v) is 21.9. The molecule has 5 aromatic rings. The average Bonchev–Trinajstić information content (AvgIpc) is 3.56. The van der Waals surface area contributed by atoms with Gasteiger partial charge in [-0.15, -0.1) is 0 Å². The number of carboxylic acids is 1. The molecule has 0 aliphatic heterocycles. The molecular weight excluding hydrogens is 540 g/mol. The van der Waals surface area contributed by atoms with Crippen molar-refractivity contribution >= 4 is 28.5 Å². The Bertz CT molecular complexity index is 1760. The molecule has 0 aliphatic rings. The molecule has 0 amide bonds. The lowest BCUT2D eigenvalue weighted by Gasteiger charge is -2.10. The molecule has 9 nitrogen and oxygen atoms in total. The van der Waals surface area contributed by atoms with Crippen molar-refractivity contribution in [1.82, 2.24) is 18.9 Å². The minimum Gasteiger partial charge on any atom is -0.478 e. The highest BCUT2D eigenvalue weighted by atomic mass is 32.1. The van der Waals surface area contributed by atoms with E-state index in [9.17, 15) is 14.3 Å². The molecule has 0 saturated heterocycles. The molecule has 2 aromatic heterocycles. The van der Waals surface area contributed by atoms with Gasteiger partial charge >= 0.3 is 5.97 Å². The summed E-state index contributed by atoms with van der Waals surface area (Å²) in [6.45, 7) is 0.690. The molecular formula is C28H21F2N5O4S. The van der Waals surface area contributed by atoms with Crippen LogP contribution in [0.25, 0.3) is 22.4 Å². The quantitative estimate of drug-likeness (QED) is 0.246. The van der Waals surface area contributed by atoms with Gasteiger partial charge in [-0.2, -0.15) is 14.6 Å². The zero-order valence-electron chi connectivity index (χ0n) is 21.1. The summed E-state index contributed by atoms with van der Waals surface area (Å²) in [4.78, 5) is 20.3. The zero-order chi connectivity index (χ0) is 28.2. The van der Waals surface area contributed by atoms with Crippen molar-refractivity contribution in [2.75, 3.05) is 13.7 Å². The number of rotatable bonds is 10. The van der Waals surface area contributed by atoms with Crippen molar-refractivity contribution in [2.45, 2.75) is 19.6 Å². The molecule has 0 atom stereocenters. The first-order valence-corrected chi connectivity index (χ1v) is 12.8. The average molecular weight is 562 g/mol. The van der Waals surface area contributed by atoms with Crippen LogP contribution in [-0.2, 0) is 24.3 Å². The van der Waals surface area contributed by atoms with Gasteiger partial charge in [0.1, 0.15) is 24.1 Å². The fraction of sp³-hybridized carbons (Fsp3) is 0.179. The second-order valence-corrected chi connectivity index (χ2v) is 9.47. The number of carboxylic acid groups (broad SMARTS) is 1. The van der Waals surface area contributed by atoms with Gasteiger partial charge < -0.3 is 19.1 Å². The fourth-order valence-corrected chi connectivity index (χ4v) is 4.68. The number of aromatic carboxylic acids is 1. The van der Waals surface area contributed by atoms with Gasteiger partial charge in [-0.1, -0.05) is 18.2 Å². The number of aromatic nitrogens is 4. The van der Waals surface area contributed by atoms with E-state index in [1.807, 2.05) is 10.6 Å². The standard InChI is InChI=1S/C28H21F2N5O4S/c1-38-9-8-35-24-12-19(27(36)37)6-7-23(24)32-25(35)13-17-4-5-18(11-22(17)30)26-33-28(40-34-26)39-15-20-3-2-16(14-31)10-21(20)29/h2-7,10-12H,8-9,13,15H2,1H3,(H,36,37). The highest BCUT2D eigenvalue weighted by Gasteiger charge is 2.17. The Morgan fingerprint density at radius 3 is 2.60 bits per heavy atom. The number of methoxy groups -OCH3 is 1. The van der Waals surface area contributed by atoms with Crippen LogP contribution in [0.1, 0.15) is 32.9 Å². The van der Waals surface area contributed by atoms with E-state index in [1.165, 1.54) is 24.3 Å². The first-order valence-electron chi connectivity index (χ1n) is 12.0. The molecule has 3 aromatic carbocycles. The third-order valence-electron chi connectivity index (χ3n) is 6.19. The molecule has 0 spiro atoms. The van der Waals surface area contributed by atoms with Crippen LogP contribution in [0.15, 0.2) is 54.6 Å². The van der Waals surface area contributed by atoms with Crippen molar-refractivity contribution in [3.8, 4) is 22.7 Å². The summed E-state index contributed by atoms with van der Waals surface area (Å²) in [6.07, 6.45) is 0.169. The smallest absolute Gasteiger partial charge is 0.335 e. The SMILES string of the molecule is COCCn1c(Cc2ccc(-c3nsc(OCc4ccc(C#N)cc4F)n3)cc2F)nc2ccc(C(=O)O)cc21. The number of hydrogen-bond acceptors (Lipinski definition) is 8. The topological polar surface area (TPSA) is 123 Å². The van der Waals surface area contributed by atoms with Crippen molar-refractivity contribution < 1.29 is 28.2 Å². The number of hydrogen-bond donors (Lipinski definition) is 1. The third-order valence-corrected chi connectivity index (χ3v) is 6.82. The monoisotopic (exact) mass is 561 g/mol. The highest BCUT2D eigenvalue weighted by Crippen LogP contribution is 2.27. The normalized spacial score (nSPS) is 11.1. The van der Waals surface area contributed by atoms with E-state index < -0.39 is 17.6 Å². The maximum Gasteiger partial charge on any atom is 0.335 e. The molecule has 40 heavy (non-hydrogen) atoms. The van der Waals surface area contributed by atoms with Crippen LogP contribution in [0, 0.1) is 23.0 Å². The molecule has 0 saturated carbocycles. The predicted octanol–water partition coefficient (Wildman–Crippen LogP) is 5.22. The van der Waals surface area contributed by atoms with Gasteiger partial charge in [0.15, 0.2) is 5.82 Å².